The third kappa shape index (κ3) is 3.31. The van der Waals surface area contributed by atoms with Gasteiger partial charge in [0.2, 0.25) is 0 Å². The van der Waals surface area contributed by atoms with Crippen LogP contribution in [0.5, 0.6) is 5.75 Å². The number of amidine groups is 1. The third-order valence-electron chi connectivity index (χ3n) is 2.72. The molecule has 0 aliphatic heterocycles. The van der Waals surface area contributed by atoms with E-state index in [-0.39, 0.29) is 24.0 Å². The normalized spacial score (nSPS) is 10.2. The molecular formula is C15H15FN2O. The van der Waals surface area contributed by atoms with Crippen molar-refractivity contribution in [3.8, 4) is 5.75 Å². The number of hydrogen-bond donors (Lipinski definition) is 2. The smallest absolute Gasteiger partial charge is 0.165 e. The second kappa shape index (κ2) is 5.52. The predicted octanol–water partition coefficient (Wildman–Crippen LogP) is 3.00. The van der Waals surface area contributed by atoms with E-state index in [9.17, 15) is 4.39 Å². The summed E-state index contributed by atoms with van der Waals surface area (Å²) in [5, 5.41) is 7.37. The molecule has 19 heavy (non-hydrogen) atoms. The van der Waals surface area contributed by atoms with Crippen LogP contribution in [0.2, 0.25) is 0 Å². The number of nitrogens with two attached hydrogens (primary N) is 1. The van der Waals surface area contributed by atoms with Gasteiger partial charge in [-0.25, -0.2) is 4.39 Å². The van der Waals surface area contributed by atoms with E-state index in [0.717, 1.165) is 11.1 Å². The molecule has 2 aromatic rings. The molecule has 2 aromatic carbocycles. The van der Waals surface area contributed by atoms with Crippen LogP contribution in [-0.4, -0.2) is 5.84 Å². The summed E-state index contributed by atoms with van der Waals surface area (Å²) in [6, 6.07) is 11.9. The minimum absolute atomic E-state index is 0.00332. The summed E-state index contributed by atoms with van der Waals surface area (Å²) < 4.78 is 19.0. The molecule has 0 heterocycles. The lowest BCUT2D eigenvalue weighted by atomic mass is 10.1. The Morgan fingerprint density at radius 2 is 2.05 bits per heavy atom. The zero-order valence-corrected chi connectivity index (χ0v) is 10.6. The summed E-state index contributed by atoms with van der Waals surface area (Å²) in [7, 11) is 0. The van der Waals surface area contributed by atoms with E-state index >= 15 is 0 Å². The van der Waals surface area contributed by atoms with Crippen molar-refractivity contribution in [2.45, 2.75) is 13.5 Å². The number of nitrogens with one attached hydrogen (secondary N) is 1. The molecule has 2 rings (SSSR count). The lowest BCUT2D eigenvalue weighted by molar-refractivity contribution is 0.290. The molecule has 98 valence electrons. The maximum Gasteiger partial charge on any atom is 0.165 e. The van der Waals surface area contributed by atoms with Crippen molar-refractivity contribution < 1.29 is 9.13 Å². The molecule has 0 radical (unpaired) electrons. The molecule has 0 unspecified atom stereocenters. The van der Waals surface area contributed by atoms with Crippen LogP contribution in [0.15, 0.2) is 42.5 Å². The number of nitrogen functional groups attached to an aromatic ring is 1. The van der Waals surface area contributed by atoms with Crippen molar-refractivity contribution >= 4 is 5.84 Å². The van der Waals surface area contributed by atoms with E-state index < -0.39 is 0 Å². The third-order valence-corrected chi connectivity index (χ3v) is 2.72. The van der Waals surface area contributed by atoms with Gasteiger partial charge >= 0.3 is 0 Å². The summed E-state index contributed by atoms with van der Waals surface area (Å²) >= 11 is 0. The highest BCUT2D eigenvalue weighted by molar-refractivity contribution is 5.95. The molecule has 0 saturated heterocycles. The zero-order valence-electron chi connectivity index (χ0n) is 10.6. The first-order valence-electron chi connectivity index (χ1n) is 5.88. The van der Waals surface area contributed by atoms with Gasteiger partial charge in [0.05, 0.1) is 0 Å². The minimum Gasteiger partial charge on any atom is -0.486 e. The fraction of sp³-hybridized carbons (Fsp3) is 0.133. The topological polar surface area (TPSA) is 59.1 Å². The molecule has 0 saturated carbocycles. The number of rotatable bonds is 4. The number of aryl methyl sites for hydroxylation is 1. The molecule has 0 spiro atoms. The van der Waals surface area contributed by atoms with Gasteiger partial charge in [0.25, 0.3) is 0 Å². The van der Waals surface area contributed by atoms with E-state index in [1.54, 1.807) is 30.3 Å². The largest absolute Gasteiger partial charge is 0.486 e. The standard InChI is InChI=1S/C15H15FN2O/c1-10-5-6-13(16)14(7-10)19-9-11-3-2-4-12(8-11)15(17)18/h2-8H,9H2,1H3,(H3,17,18). The van der Waals surface area contributed by atoms with E-state index in [2.05, 4.69) is 0 Å². The molecule has 0 atom stereocenters. The van der Waals surface area contributed by atoms with Crippen molar-refractivity contribution in [3.63, 3.8) is 0 Å². The Hall–Kier alpha value is -2.36. The van der Waals surface area contributed by atoms with Gasteiger partial charge in [-0.1, -0.05) is 24.3 Å². The summed E-state index contributed by atoms with van der Waals surface area (Å²) in [5.74, 6) is -0.148. The monoisotopic (exact) mass is 258 g/mol. The van der Waals surface area contributed by atoms with Crippen molar-refractivity contribution in [2.24, 2.45) is 5.73 Å². The van der Waals surface area contributed by atoms with Crippen LogP contribution >= 0.6 is 0 Å². The Kier molecular flexibility index (Phi) is 3.80. The van der Waals surface area contributed by atoms with Crippen molar-refractivity contribution in [3.05, 3.63) is 65.0 Å². The van der Waals surface area contributed by atoms with E-state index in [0.29, 0.717) is 5.56 Å². The Bertz CT molecular complexity index is 611. The highest BCUT2D eigenvalue weighted by atomic mass is 19.1. The fourth-order valence-corrected chi connectivity index (χ4v) is 1.71. The molecule has 3 N–H and O–H groups in total. The molecule has 3 nitrogen and oxygen atoms in total. The van der Waals surface area contributed by atoms with E-state index in [1.165, 1.54) is 6.07 Å². The fourth-order valence-electron chi connectivity index (χ4n) is 1.71. The van der Waals surface area contributed by atoms with Gasteiger partial charge < -0.3 is 10.5 Å². The Labute approximate surface area is 111 Å². The van der Waals surface area contributed by atoms with Gasteiger partial charge in [-0.05, 0) is 36.2 Å². The van der Waals surface area contributed by atoms with Crippen LogP contribution in [-0.2, 0) is 6.61 Å². The van der Waals surface area contributed by atoms with Gasteiger partial charge in [-0.3, -0.25) is 5.41 Å². The molecule has 0 aliphatic carbocycles. The van der Waals surface area contributed by atoms with E-state index in [1.807, 2.05) is 13.0 Å². The molecular weight excluding hydrogens is 243 g/mol. The highest BCUT2D eigenvalue weighted by Crippen LogP contribution is 2.19. The Balaban J connectivity index is 2.12. The molecule has 4 heteroatoms. The first-order chi connectivity index (χ1) is 9.06. The second-order valence-electron chi connectivity index (χ2n) is 4.34. The quantitative estimate of drug-likeness (QED) is 0.654. The van der Waals surface area contributed by atoms with E-state index in [4.69, 9.17) is 15.9 Å². The van der Waals surface area contributed by atoms with Gasteiger partial charge in [0.15, 0.2) is 11.6 Å². The van der Waals surface area contributed by atoms with Gasteiger partial charge in [-0.2, -0.15) is 0 Å². The SMILES string of the molecule is Cc1ccc(F)c(OCc2cccc(C(=N)N)c2)c1. The minimum atomic E-state index is -0.381. The predicted molar refractivity (Wildman–Crippen MR) is 72.9 cm³/mol. The number of benzene rings is 2. The number of halogens is 1. The van der Waals surface area contributed by atoms with Crippen molar-refractivity contribution in [1.82, 2.24) is 0 Å². The van der Waals surface area contributed by atoms with Gasteiger partial charge in [-0.15, -0.1) is 0 Å². The van der Waals surface area contributed by atoms with Crippen LogP contribution in [0.4, 0.5) is 4.39 Å². The first kappa shape index (κ1) is 13.1. The van der Waals surface area contributed by atoms with Crippen LogP contribution in [0, 0.1) is 18.2 Å². The summed E-state index contributed by atoms with van der Waals surface area (Å²) in [5.41, 5.74) is 7.83. The van der Waals surface area contributed by atoms with Crippen LogP contribution in [0.25, 0.3) is 0 Å². The molecule has 0 aromatic heterocycles. The lowest BCUT2D eigenvalue weighted by Crippen LogP contribution is -2.11. The van der Waals surface area contributed by atoms with Gasteiger partial charge in [0.1, 0.15) is 12.4 Å². The summed E-state index contributed by atoms with van der Waals surface area (Å²) in [4.78, 5) is 0. The molecule has 0 fully saturated rings. The molecule has 0 aliphatic rings. The average molecular weight is 258 g/mol. The Morgan fingerprint density at radius 3 is 2.79 bits per heavy atom. The maximum absolute atomic E-state index is 13.5. The van der Waals surface area contributed by atoms with Crippen LogP contribution in [0.3, 0.4) is 0 Å². The molecule has 0 amide bonds. The second-order valence-corrected chi connectivity index (χ2v) is 4.34. The van der Waals surface area contributed by atoms with Crippen molar-refractivity contribution in [2.75, 3.05) is 0 Å². The maximum atomic E-state index is 13.5. The van der Waals surface area contributed by atoms with Crippen molar-refractivity contribution in [1.29, 1.82) is 5.41 Å². The molecule has 0 bridgehead atoms. The number of ether oxygens (including phenoxy) is 1. The summed E-state index contributed by atoms with van der Waals surface area (Å²) in [6.07, 6.45) is 0. The van der Waals surface area contributed by atoms with Crippen LogP contribution in [0.1, 0.15) is 16.7 Å². The average Bonchev–Trinajstić information content (AvgIpc) is 2.40. The summed E-state index contributed by atoms with van der Waals surface area (Å²) in [6.45, 7) is 2.12. The number of hydrogen-bond acceptors (Lipinski definition) is 2. The highest BCUT2D eigenvalue weighted by Gasteiger charge is 2.04. The van der Waals surface area contributed by atoms with Crippen LogP contribution < -0.4 is 10.5 Å². The van der Waals surface area contributed by atoms with Gasteiger partial charge in [0, 0.05) is 5.56 Å². The first-order valence-corrected chi connectivity index (χ1v) is 5.88. The lowest BCUT2D eigenvalue weighted by Gasteiger charge is -2.09. The Morgan fingerprint density at radius 1 is 1.26 bits per heavy atom. The zero-order chi connectivity index (χ0) is 13.8.